The van der Waals surface area contributed by atoms with E-state index in [0.717, 1.165) is 29.0 Å². The predicted molar refractivity (Wildman–Crippen MR) is 110 cm³/mol. The van der Waals surface area contributed by atoms with Crippen LogP contribution in [-0.4, -0.2) is 38.4 Å². The summed E-state index contributed by atoms with van der Waals surface area (Å²) in [5, 5.41) is 0. The first-order valence-electron chi connectivity index (χ1n) is 9.17. The van der Waals surface area contributed by atoms with Gasteiger partial charge in [0.1, 0.15) is 24.7 Å². The molecular weight excluding hydrogens is 372 g/mol. The molecule has 0 N–H and O–H groups in total. The first-order valence-corrected chi connectivity index (χ1v) is 9.17. The minimum Gasteiger partial charge on any atom is -0.493 e. The van der Waals surface area contributed by atoms with Crippen LogP contribution in [0.3, 0.4) is 0 Å². The zero-order chi connectivity index (χ0) is 20.9. The number of esters is 2. The SMILES string of the molecule is C=CC(=O)OCCCOc1ccc(-c2ccc(OCCOC(=O)C=C)cc2)cc1. The van der Waals surface area contributed by atoms with Crippen molar-refractivity contribution in [2.24, 2.45) is 0 Å². The Hall–Kier alpha value is -3.54. The molecule has 0 saturated carbocycles. The maximum atomic E-state index is 10.9. The lowest BCUT2D eigenvalue weighted by molar-refractivity contribution is -0.139. The van der Waals surface area contributed by atoms with Gasteiger partial charge >= 0.3 is 11.9 Å². The first kappa shape index (κ1) is 21.8. The summed E-state index contributed by atoms with van der Waals surface area (Å²) in [4.78, 5) is 21.9. The maximum absolute atomic E-state index is 10.9. The van der Waals surface area contributed by atoms with E-state index < -0.39 is 11.9 Å². The Labute approximate surface area is 170 Å². The second-order valence-electron chi connectivity index (χ2n) is 5.84. The quantitative estimate of drug-likeness (QED) is 0.307. The van der Waals surface area contributed by atoms with Gasteiger partial charge in [-0.3, -0.25) is 0 Å². The Kier molecular flexibility index (Phi) is 9.02. The van der Waals surface area contributed by atoms with Gasteiger partial charge < -0.3 is 18.9 Å². The number of carbonyl (C=O) groups is 2. The number of hydrogen-bond acceptors (Lipinski definition) is 6. The Morgan fingerprint density at radius 3 is 1.59 bits per heavy atom. The van der Waals surface area contributed by atoms with Gasteiger partial charge in [0, 0.05) is 18.6 Å². The average molecular weight is 396 g/mol. The molecule has 2 aromatic rings. The highest BCUT2D eigenvalue weighted by molar-refractivity contribution is 5.81. The zero-order valence-electron chi connectivity index (χ0n) is 16.2. The second-order valence-corrected chi connectivity index (χ2v) is 5.84. The van der Waals surface area contributed by atoms with Gasteiger partial charge in [0.2, 0.25) is 0 Å². The summed E-state index contributed by atoms with van der Waals surface area (Å²) in [5.74, 6) is 0.549. The smallest absolute Gasteiger partial charge is 0.330 e. The molecule has 2 aromatic carbocycles. The largest absolute Gasteiger partial charge is 0.493 e. The molecule has 0 aliphatic rings. The summed E-state index contributed by atoms with van der Waals surface area (Å²) < 4.78 is 20.9. The topological polar surface area (TPSA) is 71.1 Å². The van der Waals surface area contributed by atoms with Crippen molar-refractivity contribution in [1.29, 1.82) is 0 Å². The van der Waals surface area contributed by atoms with Crippen LogP contribution in [0.15, 0.2) is 73.8 Å². The third kappa shape index (κ3) is 7.92. The molecule has 0 spiro atoms. The zero-order valence-corrected chi connectivity index (χ0v) is 16.2. The number of rotatable bonds is 12. The van der Waals surface area contributed by atoms with Crippen LogP contribution in [0.25, 0.3) is 11.1 Å². The Bertz CT molecular complexity index is 808. The molecule has 0 atom stereocenters. The fraction of sp³-hybridized carbons (Fsp3) is 0.217. The van der Waals surface area contributed by atoms with Gasteiger partial charge in [-0.15, -0.1) is 0 Å². The van der Waals surface area contributed by atoms with E-state index in [1.54, 1.807) is 0 Å². The van der Waals surface area contributed by atoms with E-state index in [0.29, 0.717) is 25.4 Å². The van der Waals surface area contributed by atoms with Gasteiger partial charge in [0.15, 0.2) is 0 Å². The predicted octanol–water partition coefficient (Wildman–Crippen LogP) is 3.96. The molecule has 0 bridgehead atoms. The van der Waals surface area contributed by atoms with Gasteiger partial charge in [-0.1, -0.05) is 37.4 Å². The molecule has 6 nitrogen and oxygen atoms in total. The standard InChI is InChI=1S/C23H24O6/c1-3-22(24)28-15-5-14-26-20-10-6-18(7-11-20)19-8-12-21(13-9-19)27-16-17-29-23(25)4-2/h3-4,6-13H,1-2,5,14-17H2. The van der Waals surface area contributed by atoms with Gasteiger partial charge in [-0.2, -0.15) is 0 Å². The average Bonchev–Trinajstić information content (AvgIpc) is 2.77. The van der Waals surface area contributed by atoms with Crippen LogP contribution in [-0.2, 0) is 19.1 Å². The highest BCUT2D eigenvalue weighted by Crippen LogP contribution is 2.24. The van der Waals surface area contributed by atoms with Crippen molar-refractivity contribution in [2.45, 2.75) is 6.42 Å². The van der Waals surface area contributed by atoms with Crippen LogP contribution < -0.4 is 9.47 Å². The summed E-state index contributed by atoms with van der Waals surface area (Å²) in [6, 6.07) is 15.4. The number of carbonyl (C=O) groups excluding carboxylic acids is 2. The van der Waals surface area contributed by atoms with Crippen molar-refractivity contribution < 1.29 is 28.5 Å². The molecule has 6 heteroatoms. The molecule has 0 radical (unpaired) electrons. The van der Waals surface area contributed by atoms with Crippen LogP contribution in [0.4, 0.5) is 0 Å². The Morgan fingerprint density at radius 1 is 0.655 bits per heavy atom. The molecule has 0 amide bonds. The number of benzene rings is 2. The van der Waals surface area contributed by atoms with Gasteiger partial charge in [-0.25, -0.2) is 9.59 Å². The van der Waals surface area contributed by atoms with Gasteiger partial charge in [0.05, 0.1) is 13.2 Å². The van der Waals surface area contributed by atoms with Gasteiger partial charge in [-0.05, 0) is 35.4 Å². The second kappa shape index (κ2) is 12.0. The normalized spacial score (nSPS) is 9.93. The lowest BCUT2D eigenvalue weighted by atomic mass is 10.1. The minimum absolute atomic E-state index is 0.171. The van der Waals surface area contributed by atoms with E-state index in [-0.39, 0.29) is 13.2 Å². The summed E-state index contributed by atoms with van der Waals surface area (Å²) in [6.07, 6.45) is 2.86. The van der Waals surface area contributed by atoms with E-state index in [1.807, 2.05) is 48.5 Å². The summed E-state index contributed by atoms with van der Waals surface area (Å²) >= 11 is 0. The highest BCUT2D eigenvalue weighted by Gasteiger charge is 2.02. The van der Waals surface area contributed by atoms with Crippen molar-refractivity contribution in [1.82, 2.24) is 0 Å². The summed E-state index contributed by atoms with van der Waals surface area (Å²) in [6.45, 7) is 7.87. The van der Waals surface area contributed by atoms with Crippen LogP contribution in [0.2, 0.25) is 0 Å². The van der Waals surface area contributed by atoms with Crippen LogP contribution in [0.5, 0.6) is 11.5 Å². The van der Waals surface area contributed by atoms with Crippen molar-refractivity contribution >= 4 is 11.9 Å². The lowest BCUT2D eigenvalue weighted by Crippen LogP contribution is -2.10. The Morgan fingerprint density at radius 2 is 1.10 bits per heavy atom. The van der Waals surface area contributed by atoms with E-state index in [2.05, 4.69) is 13.2 Å². The fourth-order valence-electron chi connectivity index (χ4n) is 2.33. The number of ether oxygens (including phenoxy) is 4. The third-order valence-electron chi connectivity index (χ3n) is 3.77. The van der Waals surface area contributed by atoms with Crippen LogP contribution in [0, 0.1) is 0 Å². The van der Waals surface area contributed by atoms with E-state index in [9.17, 15) is 9.59 Å². The molecule has 0 aliphatic carbocycles. The van der Waals surface area contributed by atoms with Gasteiger partial charge in [0.25, 0.3) is 0 Å². The molecule has 0 aliphatic heterocycles. The highest BCUT2D eigenvalue weighted by atomic mass is 16.6. The maximum Gasteiger partial charge on any atom is 0.330 e. The molecule has 0 unspecified atom stereocenters. The van der Waals surface area contributed by atoms with E-state index >= 15 is 0 Å². The molecule has 0 heterocycles. The summed E-state index contributed by atoms with van der Waals surface area (Å²) in [7, 11) is 0. The minimum atomic E-state index is -0.465. The molecule has 29 heavy (non-hydrogen) atoms. The van der Waals surface area contributed by atoms with Crippen molar-refractivity contribution in [2.75, 3.05) is 26.4 Å². The molecular formula is C23H24O6. The van der Waals surface area contributed by atoms with E-state index in [4.69, 9.17) is 18.9 Å². The molecule has 2 rings (SSSR count). The Balaban J connectivity index is 1.76. The first-order chi connectivity index (χ1) is 14.1. The van der Waals surface area contributed by atoms with Crippen molar-refractivity contribution in [3.8, 4) is 22.6 Å². The molecule has 152 valence electrons. The summed E-state index contributed by atoms with van der Waals surface area (Å²) in [5.41, 5.74) is 2.09. The lowest BCUT2D eigenvalue weighted by Gasteiger charge is -2.09. The van der Waals surface area contributed by atoms with Crippen LogP contribution >= 0.6 is 0 Å². The molecule has 0 fully saturated rings. The third-order valence-corrected chi connectivity index (χ3v) is 3.77. The van der Waals surface area contributed by atoms with E-state index in [1.165, 1.54) is 0 Å². The fourth-order valence-corrected chi connectivity index (χ4v) is 2.33. The van der Waals surface area contributed by atoms with Crippen molar-refractivity contribution in [3.63, 3.8) is 0 Å². The van der Waals surface area contributed by atoms with Crippen LogP contribution in [0.1, 0.15) is 6.42 Å². The number of hydrogen-bond donors (Lipinski definition) is 0. The monoisotopic (exact) mass is 396 g/mol. The van der Waals surface area contributed by atoms with Crippen molar-refractivity contribution in [3.05, 3.63) is 73.8 Å². The molecule has 0 saturated heterocycles. The molecule has 0 aromatic heterocycles.